The first kappa shape index (κ1) is 51.7. The molecule has 0 radical (unpaired) electrons. The first-order valence-electron chi connectivity index (χ1n) is 25.0. The van der Waals surface area contributed by atoms with Gasteiger partial charge in [0.15, 0.2) is 0 Å². The predicted molar refractivity (Wildman–Crippen MR) is 247 cm³/mol. The van der Waals surface area contributed by atoms with E-state index in [4.69, 9.17) is 0 Å². The fraction of sp³-hybridized carbons (Fsp3) is 0.920. The number of nitrogens with one attached hydrogen (secondary N) is 2. The first-order valence-corrected chi connectivity index (χ1v) is 25.0. The number of rotatable bonds is 44. The Kier molecular flexibility index (Phi) is 35.9. The van der Waals surface area contributed by atoms with Gasteiger partial charge in [-0.05, 0) is 50.7 Å². The van der Waals surface area contributed by atoms with Gasteiger partial charge in [-0.3, -0.25) is 9.59 Å². The normalized spacial score (nSPS) is 12.4. The molecule has 0 saturated carbocycles. The molecule has 1 aromatic carbocycles. The maximum Gasteiger partial charge on any atom is 0.253 e. The van der Waals surface area contributed by atoms with E-state index in [1.807, 2.05) is 0 Å². The van der Waals surface area contributed by atoms with Gasteiger partial charge in [0.05, 0.1) is 0 Å². The van der Waals surface area contributed by atoms with Gasteiger partial charge in [0.1, 0.15) is 11.4 Å². The van der Waals surface area contributed by atoms with Crippen molar-refractivity contribution in [3.8, 4) is 0 Å². The van der Waals surface area contributed by atoms with Gasteiger partial charge in [0.2, 0.25) is 0 Å². The molecular formula is C50H97N3O2. The fourth-order valence-electron chi connectivity index (χ4n) is 8.87. The summed E-state index contributed by atoms with van der Waals surface area (Å²) in [5.41, 5.74) is 0.175. The van der Waals surface area contributed by atoms with E-state index in [0.717, 1.165) is 31.3 Å². The lowest BCUT2D eigenvalue weighted by atomic mass is 9.89. The molecule has 0 aliphatic rings. The molecule has 1 aromatic rings. The average molecular weight is 772 g/mol. The van der Waals surface area contributed by atoms with Crippen molar-refractivity contribution in [3.63, 3.8) is 0 Å². The third kappa shape index (κ3) is 27.8. The molecule has 5 nitrogen and oxygen atoms in total. The van der Waals surface area contributed by atoms with Crippen molar-refractivity contribution >= 4 is 11.4 Å². The molecular weight excluding hydrogens is 675 g/mol. The quantitative estimate of drug-likeness (QED) is 0.0511. The third-order valence-corrected chi connectivity index (χ3v) is 12.8. The van der Waals surface area contributed by atoms with Crippen molar-refractivity contribution in [2.75, 3.05) is 43.9 Å². The van der Waals surface area contributed by atoms with Crippen LogP contribution in [0.3, 0.4) is 0 Å². The van der Waals surface area contributed by atoms with Crippen LogP contribution in [-0.4, -0.2) is 38.1 Å². The van der Waals surface area contributed by atoms with E-state index in [1.165, 1.54) is 231 Å². The fourth-order valence-corrected chi connectivity index (χ4v) is 8.87. The minimum absolute atomic E-state index is 0.370. The van der Waals surface area contributed by atoms with Gasteiger partial charge in [0.25, 0.3) is 10.9 Å². The molecule has 0 spiro atoms. The van der Waals surface area contributed by atoms with Crippen LogP contribution in [0, 0.1) is 11.8 Å². The maximum atomic E-state index is 12.0. The van der Waals surface area contributed by atoms with Crippen molar-refractivity contribution in [2.24, 2.45) is 11.8 Å². The van der Waals surface area contributed by atoms with Crippen LogP contribution in [0.1, 0.15) is 252 Å². The minimum Gasteiger partial charge on any atom is -0.383 e. The van der Waals surface area contributed by atoms with E-state index in [0.29, 0.717) is 11.4 Å². The summed E-state index contributed by atoms with van der Waals surface area (Å²) in [6, 6.07) is 0. The summed E-state index contributed by atoms with van der Waals surface area (Å²) < 4.78 is 0. The summed E-state index contributed by atoms with van der Waals surface area (Å²) in [6.07, 6.45) is 48.9. The molecule has 0 bridgehead atoms. The highest BCUT2D eigenvalue weighted by Crippen LogP contribution is 2.25. The van der Waals surface area contributed by atoms with E-state index in [1.54, 1.807) is 7.05 Å². The first-order chi connectivity index (χ1) is 27.0. The summed E-state index contributed by atoms with van der Waals surface area (Å²) in [5.74, 6) is 1.91. The highest BCUT2D eigenvalue weighted by atomic mass is 16.2. The van der Waals surface area contributed by atoms with Crippen LogP contribution in [0.15, 0.2) is 9.59 Å². The van der Waals surface area contributed by atoms with E-state index in [-0.39, 0.29) is 10.9 Å². The van der Waals surface area contributed by atoms with Crippen molar-refractivity contribution in [1.29, 1.82) is 0 Å². The Bertz CT molecular complexity index is 1000. The van der Waals surface area contributed by atoms with Gasteiger partial charge < -0.3 is 15.5 Å². The maximum absolute atomic E-state index is 12.0. The molecule has 0 amide bonds. The van der Waals surface area contributed by atoms with Crippen molar-refractivity contribution < 1.29 is 0 Å². The summed E-state index contributed by atoms with van der Waals surface area (Å²) in [7, 11) is 1.72. The third-order valence-electron chi connectivity index (χ3n) is 12.8. The highest BCUT2D eigenvalue weighted by molar-refractivity contribution is 5.73. The van der Waals surface area contributed by atoms with Gasteiger partial charge in [-0.1, -0.05) is 233 Å². The number of anilines is 2. The Morgan fingerprint density at radius 2 is 0.727 bits per heavy atom. The Balaban J connectivity index is 2.40. The van der Waals surface area contributed by atoms with E-state index in [9.17, 15) is 9.59 Å². The molecule has 0 aromatic heterocycles. The number of hydrogen-bond donors (Lipinski definition) is 2. The van der Waals surface area contributed by atoms with E-state index < -0.39 is 0 Å². The second-order valence-electron chi connectivity index (χ2n) is 17.7. The molecule has 2 N–H and O–H groups in total. The zero-order valence-electron chi connectivity index (χ0n) is 38.0. The molecule has 0 saturated heterocycles. The van der Waals surface area contributed by atoms with Gasteiger partial charge in [0, 0.05) is 13.6 Å². The van der Waals surface area contributed by atoms with E-state index >= 15 is 0 Å². The molecule has 0 aliphatic heterocycles. The van der Waals surface area contributed by atoms with Gasteiger partial charge in [-0.15, -0.1) is 0 Å². The number of nitrogens with zero attached hydrogens (tertiary/aromatic N) is 1. The van der Waals surface area contributed by atoms with Crippen molar-refractivity contribution in [2.45, 2.75) is 252 Å². The topological polar surface area (TPSA) is 61.4 Å². The standard InChI is InChI=1S/C50H97N3O2/c1-6-10-13-16-21-28-36-45(9-4)37-29-24-19-26-33-42-53(44-35-41-52-48-47(51-5)49(54)50(48)55)43-34-27-20-25-32-40-46(38-30-22-17-14-11-7-2)39-31-23-18-15-12-8-3/h45-46,51-52H,6-44H2,1-5H3. The molecule has 0 fully saturated rings. The summed E-state index contributed by atoms with van der Waals surface area (Å²) in [5, 5.41) is 6.13. The van der Waals surface area contributed by atoms with Crippen LogP contribution in [0.4, 0.5) is 11.4 Å². The van der Waals surface area contributed by atoms with Gasteiger partial charge >= 0.3 is 0 Å². The van der Waals surface area contributed by atoms with Crippen LogP contribution in [0.25, 0.3) is 0 Å². The van der Waals surface area contributed by atoms with Gasteiger partial charge in [-0.2, -0.15) is 0 Å². The minimum atomic E-state index is -0.388. The summed E-state index contributed by atoms with van der Waals surface area (Å²) in [4.78, 5) is 26.5. The Labute approximate surface area is 343 Å². The monoisotopic (exact) mass is 772 g/mol. The Morgan fingerprint density at radius 3 is 1.11 bits per heavy atom. The second-order valence-corrected chi connectivity index (χ2v) is 17.7. The zero-order chi connectivity index (χ0) is 40.0. The zero-order valence-corrected chi connectivity index (χ0v) is 38.0. The number of unbranched alkanes of at least 4 members (excludes halogenated alkanes) is 23. The van der Waals surface area contributed by atoms with E-state index in [2.05, 4.69) is 43.2 Å². The number of hydrogen-bond acceptors (Lipinski definition) is 5. The van der Waals surface area contributed by atoms with Gasteiger partial charge in [-0.25, -0.2) is 0 Å². The average Bonchev–Trinajstić information content (AvgIpc) is 3.20. The van der Waals surface area contributed by atoms with Crippen LogP contribution in [-0.2, 0) is 0 Å². The lowest BCUT2D eigenvalue weighted by Gasteiger charge is -2.23. The molecule has 324 valence electrons. The summed E-state index contributed by atoms with van der Waals surface area (Å²) in [6.45, 7) is 13.5. The lowest BCUT2D eigenvalue weighted by Crippen LogP contribution is -2.37. The SMILES string of the molecule is CCCCCCCCC(CC)CCCCCCCN(CCCCCCCC(CCCCCCCC)CCCCCCCC)CCCNc1c(NC)c(=O)c1=O. The van der Waals surface area contributed by atoms with Crippen LogP contribution < -0.4 is 21.5 Å². The molecule has 55 heavy (non-hydrogen) atoms. The van der Waals surface area contributed by atoms with Crippen LogP contribution in [0.5, 0.6) is 0 Å². The lowest BCUT2D eigenvalue weighted by molar-refractivity contribution is 0.259. The molecule has 0 heterocycles. The van der Waals surface area contributed by atoms with Crippen LogP contribution >= 0.6 is 0 Å². The highest BCUT2D eigenvalue weighted by Gasteiger charge is 2.19. The Morgan fingerprint density at radius 1 is 0.400 bits per heavy atom. The molecule has 0 aliphatic carbocycles. The Hall–Kier alpha value is -1.36. The smallest absolute Gasteiger partial charge is 0.253 e. The second kappa shape index (κ2) is 38.2. The summed E-state index contributed by atoms with van der Waals surface area (Å²) >= 11 is 0. The van der Waals surface area contributed by atoms with Crippen LogP contribution in [0.2, 0.25) is 0 Å². The molecule has 1 rings (SSSR count). The largest absolute Gasteiger partial charge is 0.383 e. The molecule has 1 atom stereocenters. The van der Waals surface area contributed by atoms with Crippen molar-refractivity contribution in [3.05, 3.63) is 20.4 Å². The molecule has 5 heteroatoms. The molecule has 1 unspecified atom stereocenters. The van der Waals surface area contributed by atoms with Crippen molar-refractivity contribution in [1.82, 2.24) is 4.90 Å². The predicted octanol–water partition coefficient (Wildman–Crippen LogP) is 15.0.